The minimum Gasteiger partial charge on any atom is -0.378 e. The third-order valence-electron chi connectivity index (χ3n) is 6.34. The fraction of sp³-hybridized carbons (Fsp3) is 0.458. The molecule has 2 aliphatic rings. The molecule has 2 aromatic rings. The quantitative estimate of drug-likeness (QED) is 0.802. The standard InChI is InChI=1S/C24H30N4O3/c1-27(2)20-5-3-4-19(16-20)22(29)26-17-21-6-9-24(31-21)10-14-28(15-11-24)23(30)18-7-12-25-13-8-18/h3-5,7-8,12-13,16,21H,6,9-11,14-15,17H2,1-2H3,(H,26,29). The van der Waals surface area contributed by atoms with Gasteiger partial charge in [0, 0.05) is 62.9 Å². The number of rotatable bonds is 5. The van der Waals surface area contributed by atoms with Crippen LogP contribution in [0.1, 0.15) is 46.4 Å². The molecule has 1 atom stereocenters. The molecule has 1 unspecified atom stereocenters. The van der Waals surface area contributed by atoms with Gasteiger partial charge in [-0.1, -0.05) is 6.07 Å². The number of amides is 2. The highest BCUT2D eigenvalue weighted by Crippen LogP contribution is 2.39. The van der Waals surface area contributed by atoms with Crippen molar-refractivity contribution in [1.29, 1.82) is 0 Å². The lowest BCUT2D eigenvalue weighted by atomic mass is 9.88. The summed E-state index contributed by atoms with van der Waals surface area (Å²) in [4.78, 5) is 33.1. The summed E-state index contributed by atoms with van der Waals surface area (Å²) in [6.45, 7) is 1.89. The van der Waals surface area contributed by atoms with Gasteiger partial charge in [0.15, 0.2) is 0 Å². The highest BCUT2D eigenvalue weighted by Gasteiger charge is 2.43. The molecule has 1 spiro atoms. The van der Waals surface area contributed by atoms with Gasteiger partial charge < -0.3 is 19.9 Å². The van der Waals surface area contributed by atoms with E-state index in [9.17, 15) is 9.59 Å². The Labute approximate surface area is 183 Å². The number of carbonyl (C=O) groups is 2. The van der Waals surface area contributed by atoms with Crippen molar-refractivity contribution >= 4 is 17.5 Å². The van der Waals surface area contributed by atoms with Gasteiger partial charge in [0.05, 0.1) is 11.7 Å². The zero-order valence-electron chi connectivity index (χ0n) is 18.2. The van der Waals surface area contributed by atoms with E-state index >= 15 is 0 Å². The van der Waals surface area contributed by atoms with Gasteiger partial charge in [-0.15, -0.1) is 0 Å². The van der Waals surface area contributed by atoms with Crippen molar-refractivity contribution in [3.63, 3.8) is 0 Å². The lowest BCUT2D eigenvalue weighted by Crippen LogP contribution is -2.47. The molecule has 4 rings (SSSR count). The first-order valence-corrected chi connectivity index (χ1v) is 10.9. The molecule has 0 bridgehead atoms. The second kappa shape index (κ2) is 9.06. The molecule has 0 saturated carbocycles. The van der Waals surface area contributed by atoms with E-state index < -0.39 is 0 Å². The molecule has 1 aromatic carbocycles. The van der Waals surface area contributed by atoms with Gasteiger partial charge >= 0.3 is 0 Å². The number of nitrogens with zero attached hydrogens (tertiary/aromatic N) is 3. The van der Waals surface area contributed by atoms with Crippen molar-refractivity contribution in [3.8, 4) is 0 Å². The highest BCUT2D eigenvalue weighted by atomic mass is 16.5. The van der Waals surface area contributed by atoms with Gasteiger partial charge in [-0.3, -0.25) is 14.6 Å². The summed E-state index contributed by atoms with van der Waals surface area (Å²) < 4.78 is 6.40. The monoisotopic (exact) mass is 422 g/mol. The predicted octanol–water partition coefficient (Wildman–Crippen LogP) is 2.73. The zero-order chi connectivity index (χ0) is 21.8. The molecule has 7 nitrogen and oxygen atoms in total. The third-order valence-corrected chi connectivity index (χ3v) is 6.34. The lowest BCUT2D eigenvalue weighted by molar-refractivity contribution is -0.0712. The molecular weight excluding hydrogens is 392 g/mol. The number of likely N-dealkylation sites (tertiary alicyclic amines) is 1. The van der Waals surface area contributed by atoms with Crippen LogP contribution >= 0.6 is 0 Å². The Kier molecular flexibility index (Phi) is 6.23. The minimum atomic E-state index is -0.171. The fourth-order valence-corrected chi connectivity index (χ4v) is 4.44. The summed E-state index contributed by atoms with van der Waals surface area (Å²) >= 11 is 0. The van der Waals surface area contributed by atoms with Crippen LogP contribution in [0.15, 0.2) is 48.8 Å². The Hall–Kier alpha value is -2.93. The van der Waals surface area contributed by atoms with Gasteiger partial charge in [-0.25, -0.2) is 0 Å². The van der Waals surface area contributed by atoms with Gasteiger partial charge in [0.25, 0.3) is 11.8 Å². The van der Waals surface area contributed by atoms with Crippen LogP contribution in [-0.2, 0) is 4.74 Å². The maximum absolute atomic E-state index is 12.7. The van der Waals surface area contributed by atoms with Gasteiger partial charge in [-0.05, 0) is 56.0 Å². The number of anilines is 1. The number of aromatic nitrogens is 1. The summed E-state index contributed by atoms with van der Waals surface area (Å²) in [5, 5.41) is 3.02. The summed E-state index contributed by atoms with van der Waals surface area (Å²) in [6, 6.07) is 11.1. The van der Waals surface area contributed by atoms with Crippen LogP contribution in [0.2, 0.25) is 0 Å². The lowest BCUT2D eigenvalue weighted by Gasteiger charge is -2.39. The maximum atomic E-state index is 12.7. The first kappa shape index (κ1) is 21.3. The van der Waals surface area contributed by atoms with E-state index in [0.29, 0.717) is 30.8 Å². The Balaban J connectivity index is 1.27. The normalized spacial score (nSPS) is 19.9. The molecule has 0 radical (unpaired) electrons. The summed E-state index contributed by atoms with van der Waals surface area (Å²) in [7, 11) is 3.91. The van der Waals surface area contributed by atoms with E-state index in [1.54, 1.807) is 24.5 Å². The molecule has 2 fully saturated rings. The van der Waals surface area contributed by atoms with Crippen LogP contribution in [-0.4, -0.2) is 67.1 Å². The highest BCUT2D eigenvalue weighted by molar-refractivity contribution is 5.95. The smallest absolute Gasteiger partial charge is 0.253 e. The topological polar surface area (TPSA) is 74.8 Å². The average Bonchev–Trinajstić information content (AvgIpc) is 3.20. The first-order valence-electron chi connectivity index (χ1n) is 10.9. The van der Waals surface area contributed by atoms with Gasteiger partial charge in [0.2, 0.25) is 0 Å². The molecular formula is C24H30N4O3. The van der Waals surface area contributed by atoms with Crippen molar-refractivity contribution in [2.24, 2.45) is 0 Å². The molecule has 2 aliphatic heterocycles. The summed E-state index contributed by atoms with van der Waals surface area (Å²) in [6.07, 6.45) is 6.88. The number of carbonyl (C=O) groups excluding carboxylic acids is 2. The molecule has 3 heterocycles. The summed E-state index contributed by atoms with van der Waals surface area (Å²) in [5.41, 5.74) is 2.16. The Morgan fingerprint density at radius 2 is 1.87 bits per heavy atom. The van der Waals surface area contributed by atoms with E-state index in [1.165, 1.54) is 0 Å². The number of ether oxygens (including phenoxy) is 1. The molecule has 1 N–H and O–H groups in total. The zero-order valence-corrected chi connectivity index (χ0v) is 18.2. The molecule has 1 aromatic heterocycles. The number of piperidine rings is 1. The van der Waals surface area contributed by atoms with E-state index in [2.05, 4.69) is 10.3 Å². The fourth-order valence-electron chi connectivity index (χ4n) is 4.44. The minimum absolute atomic E-state index is 0.0171. The Morgan fingerprint density at radius 1 is 1.13 bits per heavy atom. The number of hydrogen-bond donors (Lipinski definition) is 1. The van der Waals surface area contributed by atoms with Crippen LogP contribution in [0.3, 0.4) is 0 Å². The molecule has 2 saturated heterocycles. The second-order valence-corrected chi connectivity index (χ2v) is 8.64. The van der Waals surface area contributed by atoms with Crippen molar-refractivity contribution in [3.05, 3.63) is 59.9 Å². The average molecular weight is 423 g/mol. The van der Waals surface area contributed by atoms with Crippen LogP contribution in [0.25, 0.3) is 0 Å². The van der Waals surface area contributed by atoms with Gasteiger partial charge in [0.1, 0.15) is 0 Å². The number of benzene rings is 1. The number of nitrogens with one attached hydrogen (secondary N) is 1. The van der Waals surface area contributed by atoms with E-state index in [0.717, 1.165) is 31.4 Å². The third kappa shape index (κ3) is 4.88. The second-order valence-electron chi connectivity index (χ2n) is 8.64. The van der Waals surface area contributed by atoms with Crippen molar-refractivity contribution in [1.82, 2.24) is 15.2 Å². The van der Waals surface area contributed by atoms with E-state index in [-0.39, 0.29) is 23.5 Å². The van der Waals surface area contributed by atoms with Crippen LogP contribution < -0.4 is 10.2 Å². The van der Waals surface area contributed by atoms with Crippen molar-refractivity contribution in [2.45, 2.75) is 37.4 Å². The SMILES string of the molecule is CN(C)c1cccc(C(=O)NCC2CCC3(CCN(C(=O)c4ccncc4)CC3)O2)c1. The van der Waals surface area contributed by atoms with Crippen molar-refractivity contribution in [2.75, 3.05) is 38.6 Å². The number of hydrogen-bond acceptors (Lipinski definition) is 5. The number of pyridine rings is 1. The maximum Gasteiger partial charge on any atom is 0.253 e. The molecule has 7 heteroatoms. The summed E-state index contributed by atoms with van der Waals surface area (Å²) in [5.74, 6) is -0.0231. The molecule has 2 amide bonds. The molecule has 0 aliphatic carbocycles. The van der Waals surface area contributed by atoms with Crippen LogP contribution in [0.4, 0.5) is 5.69 Å². The Morgan fingerprint density at radius 3 is 2.58 bits per heavy atom. The van der Waals surface area contributed by atoms with E-state index in [4.69, 9.17) is 4.74 Å². The largest absolute Gasteiger partial charge is 0.378 e. The predicted molar refractivity (Wildman–Crippen MR) is 119 cm³/mol. The van der Waals surface area contributed by atoms with Gasteiger partial charge in [-0.2, -0.15) is 0 Å². The van der Waals surface area contributed by atoms with Crippen LogP contribution in [0.5, 0.6) is 0 Å². The van der Waals surface area contributed by atoms with Crippen molar-refractivity contribution < 1.29 is 14.3 Å². The van der Waals surface area contributed by atoms with Crippen LogP contribution in [0, 0.1) is 0 Å². The van der Waals surface area contributed by atoms with E-state index in [1.807, 2.05) is 48.2 Å². The molecule has 31 heavy (non-hydrogen) atoms. The molecule has 164 valence electrons. The Bertz CT molecular complexity index is 923. The first-order chi connectivity index (χ1) is 15.0.